The number of aryl methyl sites for hydroxylation is 1. The number of thioether (sulfide) groups is 1. The summed E-state index contributed by atoms with van der Waals surface area (Å²) in [5.41, 5.74) is 0. The zero-order valence-corrected chi connectivity index (χ0v) is 8.72. The van der Waals surface area contributed by atoms with Crippen LogP contribution in [-0.4, -0.2) is 6.26 Å². The smallest absolute Gasteiger partial charge is 0.0839 e. The lowest BCUT2D eigenvalue weighted by Crippen LogP contribution is -1.60. The van der Waals surface area contributed by atoms with Crippen molar-refractivity contribution in [3.8, 4) is 0 Å². The lowest BCUT2D eigenvalue weighted by atomic mass is 10.5. The molecular weight excluding hydrogens is 207 g/mol. The molecule has 56 valence electrons. The summed E-state index contributed by atoms with van der Waals surface area (Å²) in [6.07, 6.45) is 1.99. The predicted octanol–water partition coefficient (Wildman–Crippen LogP) is 4.09. The summed E-state index contributed by atoms with van der Waals surface area (Å²) < 4.78 is 1.10. The maximum absolute atomic E-state index is 5.87. The quantitative estimate of drug-likeness (QED) is 0.633. The monoisotopic (exact) mass is 212 g/mol. The molecule has 1 aromatic heterocycles. The SMILES string of the molecule is CSc1sc(C)c(Cl)c1Cl. The first-order chi connectivity index (χ1) is 4.66. The molecular formula is C6H6Cl2S2. The molecule has 1 heterocycles. The molecule has 0 aliphatic rings. The number of hydrogen-bond acceptors (Lipinski definition) is 2. The van der Waals surface area contributed by atoms with E-state index in [4.69, 9.17) is 23.2 Å². The highest BCUT2D eigenvalue weighted by Crippen LogP contribution is 2.41. The van der Waals surface area contributed by atoms with Crippen LogP contribution in [0.25, 0.3) is 0 Å². The lowest BCUT2D eigenvalue weighted by molar-refractivity contribution is 1.62. The third kappa shape index (κ3) is 1.45. The number of thiophene rings is 1. The zero-order chi connectivity index (χ0) is 7.72. The van der Waals surface area contributed by atoms with Crippen molar-refractivity contribution in [2.75, 3.05) is 6.26 Å². The largest absolute Gasteiger partial charge is 0.131 e. The van der Waals surface area contributed by atoms with E-state index in [1.165, 1.54) is 0 Å². The van der Waals surface area contributed by atoms with Crippen LogP contribution < -0.4 is 0 Å². The molecule has 0 bridgehead atoms. The van der Waals surface area contributed by atoms with E-state index in [-0.39, 0.29) is 0 Å². The standard InChI is InChI=1S/C6H6Cl2S2/c1-3-4(7)5(8)6(9-2)10-3/h1-2H3. The Balaban J connectivity index is 3.17. The second kappa shape index (κ2) is 3.35. The summed E-state index contributed by atoms with van der Waals surface area (Å²) in [4.78, 5) is 1.09. The molecule has 10 heavy (non-hydrogen) atoms. The van der Waals surface area contributed by atoms with Gasteiger partial charge in [-0.05, 0) is 13.2 Å². The van der Waals surface area contributed by atoms with Crippen LogP contribution >= 0.6 is 46.3 Å². The Kier molecular flexibility index (Phi) is 2.92. The summed E-state index contributed by atoms with van der Waals surface area (Å²) in [6, 6.07) is 0. The fourth-order valence-corrected chi connectivity index (χ4v) is 3.12. The van der Waals surface area contributed by atoms with Crippen LogP contribution in [0.4, 0.5) is 0 Å². The molecule has 0 nitrogen and oxygen atoms in total. The van der Waals surface area contributed by atoms with Gasteiger partial charge in [0.25, 0.3) is 0 Å². The highest BCUT2D eigenvalue weighted by molar-refractivity contribution is 8.00. The van der Waals surface area contributed by atoms with E-state index < -0.39 is 0 Å². The molecule has 0 unspecified atom stereocenters. The Labute approximate surface area is 78.5 Å². The van der Waals surface area contributed by atoms with Crippen LogP contribution in [0.3, 0.4) is 0 Å². The van der Waals surface area contributed by atoms with Crippen molar-refractivity contribution in [1.82, 2.24) is 0 Å². The average molecular weight is 213 g/mol. The molecule has 0 aromatic carbocycles. The Morgan fingerprint density at radius 3 is 2.10 bits per heavy atom. The summed E-state index contributed by atoms with van der Waals surface area (Å²) in [7, 11) is 0. The van der Waals surface area contributed by atoms with Crippen molar-refractivity contribution in [3.63, 3.8) is 0 Å². The first-order valence-corrected chi connectivity index (χ1v) is 5.45. The molecule has 0 saturated heterocycles. The summed E-state index contributed by atoms with van der Waals surface area (Å²) in [6.45, 7) is 1.97. The van der Waals surface area contributed by atoms with Crippen molar-refractivity contribution in [1.29, 1.82) is 0 Å². The Hall–Kier alpha value is 0.630. The molecule has 0 radical (unpaired) electrons. The Morgan fingerprint density at radius 2 is 1.90 bits per heavy atom. The lowest BCUT2D eigenvalue weighted by Gasteiger charge is -1.87. The summed E-state index contributed by atoms with van der Waals surface area (Å²) in [5, 5.41) is 1.41. The van der Waals surface area contributed by atoms with Gasteiger partial charge in [-0.2, -0.15) is 0 Å². The van der Waals surface area contributed by atoms with Gasteiger partial charge in [0.15, 0.2) is 0 Å². The van der Waals surface area contributed by atoms with E-state index in [1.807, 2.05) is 13.2 Å². The van der Waals surface area contributed by atoms with Crippen LogP contribution in [0.5, 0.6) is 0 Å². The maximum atomic E-state index is 5.87. The van der Waals surface area contributed by atoms with E-state index in [2.05, 4.69) is 0 Å². The zero-order valence-electron chi connectivity index (χ0n) is 5.57. The molecule has 0 amide bonds. The molecule has 0 fully saturated rings. The minimum atomic E-state index is 0.705. The van der Waals surface area contributed by atoms with Crippen LogP contribution in [0.2, 0.25) is 10.0 Å². The number of halogens is 2. The highest BCUT2D eigenvalue weighted by Gasteiger charge is 2.10. The normalized spacial score (nSPS) is 10.4. The molecule has 0 aliphatic heterocycles. The van der Waals surface area contributed by atoms with Gasteiger partial charge in [-0.1, -0.05) is 23.2 Å². The summed E-state index contributed by atoms with van der Waals surface area (Å²) in [5.74, 6) is 0. The van der Waals surface area contributed by atoms with Crippen molar-refractivity contribution < 1.29 is 0 Å². The van der Waals surface area contributed by atoms with Gasteiger partial charge in [-0.3, -0.25) is 0 Å². The fraction of sp³-hybridized carbons (Fsp3) is 0.333. The molecule has 0 N–H and O–H groups in total. The van der Waals surface area contributed by atoms with Gasteiger partial charge < -0.3 is 0 Å². The van der Waals surface area contributed by atoms with Crippen molar-refractivity contribution in [2.45, 2.75) is 11.1 Å². The molecule has 0 saturated carbocycles. The number of rotatable bonds is 1. The Bertz CT molecular complexity index is 242. The van der Waals surface area contributed by atoms with Gasteiger partial charge in [0.05, 0.1) is 14.3 Å². The van der Waals surface area contributed by atoms with Gasteiger partial charge in [0.2, 0.25) is 0 Å². The van der Waals surface area contributed by atoms with Crippen molar-refractivity contribution in [2.24, 2.45) is 0 Å². The summed E-state index contributed by atoms with van der Waals surface area (Å²) >= 11 is 15.0. The fourth-order valence-electron chi connectivity index (χ4n) is 0.604. The van der Waals surface area contributed by atoms with E-state index >= 15 is 0 Å². The van der Waals surface area contributed by atoms with Crippen LogP contribution in [-0.2, 0) is 0 Å². The van der Waals surface area contributed by atoms with E-state index in [9.17, 15) is 0 Å². The molecule has 4 heteroatoms. The molecule has 1 rings (SSSR count). The first-order valence-electron chi connectivity index (χ1n) is 2.65. The van der Waals surface area contributed by atoms with Crippen molar-refractivity contribution >= 4 is 46.3 Å². The van der Waals surface area contributed by atoms with E-state index in [0.29, 0.717) is 10.0 Å². The van der Waals surface area contributed by atoms with Crippen LogP contribution in [0.15, 0.2) is 4.21 Å². The highest BCUT2D eigenvalue weighted by atomic mass is 35.5. The second-order valence-corrected chi connectivity index (χ2v) is 4.83. The maximum Gasteiger partial charge on any atom is 0.0839 e. The first kappa shape index (κ1) is 8.72. The predicted molar refractivity (Wildman–Crippen MR) is 50.9 cm³/mol. The van der Waals surface area contributed by atoms with Gasteiger partial charge in [-0.15, -0.1) is 23.1 Å². The van der Waals surface area contributed by atoms with E-state index in [1.54, 1.807) is 23.1 Å². The third-order valence-corrected chi connectivity index (χ3v) is 4.62. The van der Waals surface area contributed by atoms with Gasteiger partial charge in [0, 0.05) is 4.88 Å². The molecule has 0 aliphatic carbocycles. The number of hydrogen-bond donors (Lipinski definition) is 0. The second-order valence-electron chi connectivity index (χ2n) is 1.78. The van der Waals surface area contributed by atoms with E-state index in [0.717, 1.165) is 9.09 Å². The Morgan fingerprint density at radius 1 is 1.30 bits per heavy atom. The topological polar surface area (TPSA) is 0 Å². The minimum absolute atomic E-state index is 0.705. The molecule has 0 atom stereocenters. The van der Waals surface area contributed by atoms with Gasteiger partial charge >= 0.3 is 0 Å². The van der Waals surface area contributed by atoms with Crippen LogP contribution in [0, 0.1) is 6.92 Å². The average Bonchev–Trinajstić information content (AvgIpc) is 2.17. The molecule has 1 aromatic rings. The van der Waals surface area contributed by atoms with Gasteiger partial charge in [0.1, 0.15) is 0 Å². The minimum Gasteiger partial charge on any atom is -0.131 e. The van der Waals surface area contributed by atoms with Crippen LogP contribution in [0.1, 0.15) is 4.88 Å². The molecule has 0 spiro atoms. The third-order valence-electron chi connectivity index (χ3n) is 1.11. The van der Waals surface area contributed by atoms with Crippen molar-refractivity contribution in [3.05, 3.63) is 14.9 Å². The van der Waals surface area contributed by atoms with Gasteiger partial charge in [-0.25, -0.2) is 0 Å².